The van der Waals surface area contributed by atoms with Crippen LogP contribution in [0.4, 0.5) is 34.1 Å². The van der Waals surface area contributed by atoms with Gasteiger partial charge >= 0.3 is 0 Å². The number of para-hydroxylation sites is 4. The molecule has 0 radical (unpaired) electrons. The Labute approximate surface area is 235 Å². The third-order valence-corrected chi connectivity index (χ3v) is 7.38. The molecule has 7 aromatic rings. The highest BCUT2D eigenvalue weighted by Gasteiger charge is 2.25. The van der Waals surface area contributed by atoms with Crippen LogP contribution in [0.25, 0.3) is 21.5 Å². The Morgan fingerprint density at radius 2 is 0.700 bits per heavy atom. The van der Waals surface area contributed by atoms with Crippen LogP contribution in [0, 0.1) is 0 Å². The number of benzene rings is 7. The maximum Gasteiger partial charge on any atom is 0.0787 e. The van der Waals surface area contributed by atoms with Crippen molar-refractivity contribution in [1.29, 1.82) is 0 Å². The lowest BCUT2D eigenvalue weighted by Gasteiger charge is -2.34. The predicted molar refractivity (Wildman–Crippen MR) is 171 cm³/mol. The molecule has 190 valence electrons. The lowest BCUT2D eigenvalue weighted by atomic mass is 9.97. The quantitative estimate of drug-likeness (QED) is 0.204. The summed E-state index contributed by atoms with van der Waals surface area (Å²) >= 11 is 0. The molecule has 0 bridgehead atoms. The lowest BCUT2D eigenvalue weighted by molar-refractivity contribution is 1.24. The predicted octanol–water partition coefficient (Wildman–Crippen LogP) is 10.9. The van der Waals surface area contributed by atoms with Crippen molar-refractivity contribution in [1.82, 2.24) is 0 Å². The van der Waals surface area contributed by atoms with Crippen molar-refractivity contribution < 1.29 is 0 Å². The molecule has 0 saturated carbocycles. The summed E-state index contributed by atoms with van der Waals surface area (Å²) in [6.07, 6.45) is 0. The fraction of sp³-hybridized carbons (Fsp3) is 0. The first-order chi connectivity index (χ1) is 19.9. The fourth-order valence-electron chi connectivity index (χ4n) is 5.62. The number of anilines is 6. The summed E-state index contributed by atoms with van der Waals surface area (Å²) in [6, 6.07) is 60.3. The number of hydrogen-bond acceptors (Lipinski definition) is 2. The van der Waals surface area contributed by atoms with Gasteiger partial charge < -0.3 is 9.80 Å². The van der Waals surface area contributed by atoms with E-state index in [1.807, 2.05) is 0 Å². The van der Waals surface area contributed by atoms with Gasteiger partial charge in [0, 0.05) is 28.1 Å². The molecule has 2 nitrogen and oxygen atoms in total. The van der Waals surface area contributed by atoms with Crippen LogP contribution in [0.2, 0.25) is 0 Å². The standard InChI is InChI=1S/C38H28N2/c1-5-16-31(17-6-1)39(32-18-7-2-8-19-32)36-28-27-30-26-25-29-15-13-14-24-35(29)37(30)38(36)40(33-20-9-3-10-21-33)34-22-11-4-12-23-34/h1-28H. The van der Waals surface area contributed by atoms with Gasteiger partial charge in [-0.2, -0.15) is 0 Å². The van der Waals surface area contributed by atoms with E-state index in [4.69, 9.17) is 0 Å². The Balaban J connectivity index is 1.65. The molecule has 0 spiro atoms. The molecule has 7 aromatic carbocycles. The molecule has 0 aromatic heterocycles. The summed E-state index contributed by atoms with van der Waals surface area (Å²) in [4.78, 5) is 4.78. The van der Waals surface area contributed by atoms with E-state index in [0.717, 1.165) is 34.1 Å². The molecule has 0 heterocycles. The molecule has 0 atom stereocenters. The molecule has 0 aliphatic heterocycles. The van der Waals surface area contributed by atoms with Gasteiger partial charge in [0.2, 0.25) is 0 Å². The maximum absolute atomic E-state index is 2.41. The zero-order chi connectivity index (χ0) is 26.7. The number of hydrogen-bond donors (Lipinski definition) is 0. The van der Waals surface area contributed by atoms with E-state index < -0.39 is 0 Å². The van der Waals surface area contributed by atoms with Gasteiger partial charge in [-0.3, -0.25) is 0 Å². The second-order valence-electron chi connectivity index (χ2n) is 9.83. The van der Waals surface area contributed by atoms with Gasteiger partial charge in [0.05, 0.1) is 11.4 Å². The second-order valence-corrected chi connectivity index (χ2v) is 9.83. The molecule has 0 N–H and O–H groups in total. The summed E-state index contributed by atoms with van der Waals surface area (Å²) in [7, 11) is 0. The van der Waals surface area contributed by atoms with Crippen LogP contribution >= 0.6 is 0 Å². The SMILES string of the molecule is c1ccc(N(c2ccccc2)c2ccc3ccc4ccccc4c3c2N(c2ccccc2)c2ccccc2)cc1. The maximum atomic E-state index is 2.41. The minimum Gasteiger partial charge on any atom is -0.308 e. The van der Waals surface area contributed by atoms with Gasteiger partial charge in [-0.25, -0.2) is 0 Å². The highest BCUT2D eigenvalue weighted by molar-refractivity contribution is 6.18. The van der Waals surface area contributed by atoms with Crippen LogP contribution in [0.3, 0.4) is 0 Å². The molecule has 0 saturated heterocycles. The zero-order valence-corrected chi connectivity index (χ0v) is 22.1. The summed E-state index contributed by atoms with van der Waals surface area (Å²) in [5.74, 6) is 0. The first kappa shape index (κ1) is 23.8. The van der Waals surface area contributed by atoms with Crippen LogP contribution in [0.5, 0.6) is 0 Å². The smallest absolute Gasteiger partial charge is 0.0787 e. The van der Waals surface area contributed by atoms with Crippen molar-refractivity contribution >= 4 is 55.7 Å². The summed E-state index contributed by atoms with van der Waals surface area (Å²) in [5, 5.41) is 4.88. The number of rotatable bonds is 6. The lowest BCUT2D eigenvalue weighted by Crippen LogP contribution is -2.17. The third-order valence-electron chi connectivity index (χ3n) is 7.38. The number of fused-ring (bicyclic) bond motifs is 3. The first-order valence-electron chi connectivity index (χ1n) is 13.6. The molecule has 0 aliphatic rings. The van der Waals surface area contributed by atoms with Crippen molar-refractivity contribution in [3.63, 3.8) is 0 Å². The van der Waals surface area contributed by atoms with E-state index in [9.17, 15) is 0 Å². The summed E-state index contributed by atoms with van der Waals surface area (Å²) in [6.45, 7) is 0. The Bertz CT molecular complexity index is 1800. The van der Waals surface area contributed by atoms with Crippen molar-refractivity contribution in [2.24, 2.45) is 0 Å². The minimum absolute atomic E-state index is 1.11. The van der Waals surface area contributed by atoms with E-state index in [0.29, 0.717) is 0 Å². The second kappa shape index (κ2) is 10.4. The Morgan fingerprint density at radius 1 is 0.300 bits per heavy atom. The fourth-order valence-corrected chi connectivity index (χ4v) is 5.62. The van der Waals surface area contributed by atoms with Crippen LogP contribution in [-0.4, -0.2) is 0 Å². The topological polar surface area (TPSA) is 6.48 Å². The monoisotopic (exact) mass is 512 g/mol. The molecule has 0 unspecified atom stereocenters. The summed E-state index contributed by atoms with van der Waals surface area (Å²) < 4.78 is 0. The van der Waals surface area contributed by atoms with E-state index in [1.54, 1.807) is 0 Å². The normalized spacial score (nSPS) is 11.0. The zero-order valence-electron chi connectivity index (χ0n) is 22.1. The molecule has 40 heavy (non-hydrogen) atoms. The molecular formula is C38H28N2. The molecule has 0 aliphatic carbocycles. The number of nitrogens with zero attached hydrogens (tertiary/aromatic N) is 2. The molecule has 7 rings (SSSR count). The molecule has 0 fully saturated rings. The first-order valence-corrected chi connectivity index (χ1v) is 13.6. The van der Waals surface area contributed by atoms with Crippen molar-refractivity contribution in [2.75, 3.05) is 9.80 Å². The molecule has 0 amide bonds. The Kier molecular flexibility index (Phi) is 6.20. The van der Waals surface area contributed by atoms with Crippen molar-refractivity contribution in [2.45, 2.75) is 0 Å². The van der Waals surface area contributed by atoms with Gasteiger partial charge in [0.25, 0.3) is 0 Å². The minimum atomic E-state index is 1.11. The largest absolute Gasteiger partial charge is 0.308 e. The highest BCUT2D eigenvalue weighted by Crippen LogP contribution is 2.50. The van der Waals surface area contributed by atoms with E-state index in [-0.39, 0.29) is 0 Å². The van der Waals surface area contributed by atoms with Crippen molar-refractivity contribution in [3.8, 4) is 0 Å². The van der Waals surface area contributed by atoms with Crippen LogP contribution in [0.15, 0.2) is 170 Å². The Morgan fingerprint density at radius 3 is 1.23 bits per heavy atom. The molecule has 2 heteroatoms. The van der Waals surface area contributed by atoms with Gasteiger partial charge in [-0.05, 0) is 70.8 Å². The van der Waals surface area contributed by atoms with E-state index in [1.165, 1.54) is 21.5 Å². The van der Waals surface area contributed by atoms with Gasteiger partial charge in [0.15, 0.2) is 0 Å². The molecular weight excluding hydrogens is 484 g/mol. The highest BCUT2D eigenvalue weighted by atomic mass is 15.2. The van der Waals surface area contributed by atoms with Crippen LogP contribution in [0.1, 0.15) is 0 Å². The van der Waals surface area contributed by atoms with Crippen molar-refractivity contribution in [3.05, 3.63) is 170 Å². The average Bonchev–Trinajstić information content (AvgIpc) is 3.04. The van der Waals surface area contributed by atoms with Gasteiger partial charge in [-0.15, -0.1) is 0 Å². The third kappa shape index (κ3) is 4.26. The van der Waals surface area contributed by atoms with Crippen LogP contribution in [-0.2, 0) is 0 Å². The van der Waals surface area contributed by atoms with E-state index >= 15 is 0 Å². The van der Waals surface area contributed by atoms with Gasteiger partial charge in [-0.1, -0.05) is 115 Å². The summed E-state index contributed by atoms with van der Waals surface area (Å²) in [5.41, 5.74) is 6.67. The van der Waals surface area contributed by atoms with Gasteiger partial charge in [0.1, 0.15) is 0 Å². The Hall–Kier alpha value is -5.34. The van der Waals surface area contributed by atoms with E-state index in [2.05, 4.69) is 180 Å². The van der Waals surface area contributed by atoms with Crippen LogP contribution < -0.4 is 9.80 Å². The average molecular weight is 513 g/mol.